The molecular formula is C14H11BrFNO. The second-order valence-corrected chi connectivity index (χ2v) is 4.98. The van der Waals surface area contributed by atoms with Gasteiger partial charge in [-0.25, -0.2) is 4.39 Å². The normalized spacial score (nSPS) is 10.4. The van der Waals surface area contributed by atoms with Crippen LogP contribution in [0.2, 0.25) is 0 Å². The SMILES string of the molecule is Cc1ccc(C(=O)Cc2cc(F)cc(Br)c2)cn1. The van der Waals surface area contributed by atoms with Gasteiger partial charge in [0, 0.05) is 28.3 Å². The molecule has 0 bridgehead atoms. The summed E-state index contributed by atoms with van der Waals surface area (Å²) in [5.74, 6) is -0.422. The van der Waals surface area contributed by atoms with Crippen LogP contribution in [0.3, 0.4) is 0 Å². The number of ketones is 1. The van der Waals surface area contributed by atoms with E-state index in [0.717, 1.165) is 5.69 Å². The van der Waals surface area contributed by atoms with Gasteiger partial charge in [-0.1, -0.05) is 15.9 Å². The molecule has 0 spiro atoms. The Morgan fingerprint density at radius 2 is 2.11 bits per heavy atom. The van der Waals surface area contributed by atoms with E-state index in [4.69, 9.17) is 0 Å². The molecule has 0 saturated carbocycles. The number of pyridine rings is 1. The maximum atomic E-state index is 13.2. The molecule has 18 heavy (non-hydrogen) atoms. The van der Waals surface area contributed by atoms with Gasteiger partial charge in [-0.3, -0.25) is 9.78 Å². The first-order chi connectivity index (χ1) is 8.54. The Morgan fingerprint density at radius 1 is 1.33 bits per heavy atom. The lowest BCUT2D eigenvalue weighted by Gasteiger charge is -2.03. The first-order valence-electron chi connectivity index (χ1n) is 5.45. The molecule has 0 unspecified atom stereocenters. The van der Waals surface area contributed by atoms with Crippen LogP contribution in [0.1, 0.15) is 21.6 Å². The number of halogens is 2. The lowest BCUT2D eigenvalue weighted by Crippen LogP contribution is -2.04. The Balaban J connectivity index is 2.18. The second-order valence-electron chi connectivity index (χ2n) is 4.07. The van der Waals surface area contributed by atoms with Gasteiger partial charge in [0.05, 0.1) is 0 Å². The van der Waals surface area contributed by atoms with Gasteiger partial charge in [0.1, 0.15) is 5.82 Å². The van der Waals surface area contributed by atoms with Crippen LogP contribution >= 0.6 is 15.9 Å². The van der Waals surface area contributed by atoms with Crippen molar-refractivity contribution in [1.82, 2.24) is 4.98 Å². The van der Waals surface area contributed by atoms with E-state index in [2.05, 4.69) is 20.9 Å². The summed E-state index contributed by atoms with van der Waals surface area (Å²) in [7, 11) is 0. The second kappa shape index (κ2) is 5.40. The van der Waals surface area contributed by atoms with Crippen LogP contribution in [0, 0.1) is 12.7 Å². The average Bonchev–Trinajstić information content (AvgIpc) is 2.28. The predicted molar refractivity (Wildman–Crippen MR) is 71.1 cm³/mol. The zero-order chi connectivity index (χ0) is 13.1. The van der Waals surface area contributed by atoms with E-state index >= 15 is 0 Å². The number of aryl methyl sites for hydroxylation is 1. The Bertz CT molecular complexity index is 561. The minimum Gasteiger partial charge on any atom is -0.294 e. The molecule has 0 N–H and O–H groups in total. The summed E-state index contributed by atoms with van der Waals surface area (Å²) in [6, 6.07) is 7.99. The van der Waals surface area contributed by atoms with Gasteiger partial charge in [-0.15, -0.1) is 0 Å². The van der Waals surface area contributed by atoms with Crippen molar-refractivity contribution in [1.29, 1.82) is 0 Å². The Morgan fingerprint density at radius 3 is 2.72 bits per heavy atom. The molecule has 0 atom stereocenters. The summed E-state index contributed by atoms with van der Waals surface area (Å²) in [5, 5.41) is 0. The van der Waals surface area contributed by atoms with E-state index in [1.165, 1.54) is 12.1 Å². The molecule has 1 heterocycles. The van der Waals surface area contributed by atoms with Crippen LogP contribution in [0.25, 0.3) is 0 Å². The number of benzene rings is 1. The molecule has 4 heteroatoms. The summed E-state index contributed by atoms with van der Waals surface area (Å²) in [4.78, 5) is 16.0. The maximum absolute atomic E-state index is 13.2. The summed E-state index contributed by atoms with van der Waals surface area (Å²) in [6.45, 7) is 1.86. The number of carbonyl (C=O) groups excluding carboxylic acids is 1. The molecule has 2 rings (SSSR count). The van der Waals surface area contributed by atoms with Gasteiger partial charge in [-0.2, -0.15) is 0 Å². The van der Waals surface area contributed by atoms with Crippen LogP contribution in [0.5, 0.6) is 0 Å². The van der Waals surface area contributed by atoms with E-state index in [9.17, 15) is 9.18 Å². The minimum atomic E-state index is -0.353. The highest BCUT2D eigenvalue weighted by Gasteiger charge is 2.08. The van der Waals surface area contributed by atoms with Crippen molar-refractivity contribution in [3.63, 3.8) is 0 Å². The number of nitrogens with zero attached hydrogens (tertiary/aromatic N) is 1. The highest BCUT2D eigenvalue weighted by molar-refractivity contribution is 9.10. The van der Waals surface area contributed by atoms with Gasteiger partial charge in [0.15, 0.2) is 5.78 Å². The third kappa shape index (κ3) is 3.23. The van der Waals surface area contributed by atoms with Crippen molar-refractivity contribution >= 4 is 21.7 Å². The maximum Gasteiger partial charge on any atom is 0.168 e. The third-order valence-electron chi connectivity index (χ3n) is 2.52. The van der Waals surface area contributed by atoms with E-state index in [0.29, 0.717) is 15.6 Å². The van der Waals surface area contributed by atoms with E-state index in [1.54, 1.807) is 24.4 Å². The zero-order valence-electron chi connectivity index (χ0n) is 9.78. The van der Waals surface area contributed by atoms with Crippen LogP contribution in [0.15, 0.2) is 41.0 Å². The van der Waals surface area contributed by atoms with Gasteiger partial charge < -0.3 is 0 Å². The lowest BCUT2D eigenvalue weighted by molar-refractivity contribution is 0.0992. The minimum absolute atomic E-state index is 0.0694. The van der Waals surface area contributed by atoms with E-state index < -0.39 is 0 Å². The van der Waals surface area contributed by atoms with Gasteiger partial charge in [0.2, 0.25) is 0 Å². The third-order valence-corrected chi connectivity index (χ3v) is 2.98. The summed E-state index contributed by atoms with van der Waals surface area (Å²) in [5.41, 5.74) is 2.05. The molecule has 0 aliphatic carbocycles. The molecule has 92 valence electrons. The Hall–Kier alpha value is -1.55. The molecule has 2 aromatic rings. The Labute approximate surface area is 113 Å². The van der Waals surface area contributed by atoms with Crippen molar-refractivity contribution in [3.8, 4) is 0 Å². The molecule has 0 aliphatic heterocycles. The topological polar surface area (TPSA) is 30.0 Å². The molecule has 0 radical (unpaired) electrons. The highest BCUT2D eigenvalue weighted by atomic mass is 79.9. The van der Waals surface area contributed by atoms with Crippen molar-refractivity contribution in [3.05, 3.63) is 63.6 Å². The van der Waals surface area contributed by atoms with Crippen LogP contribution in [-0.4, -0.2) is 10.8 Å². The van der Waals surface area contributed by atoms with Gasteiger partial charge in [-0.05, 0) is 42.8 Å². The fourth-order valence-electron chi connectivity index (χ4n) is 1.63. The number of aromatic nitrogens is 1. The first kappa shape index (κ1) is 12.9. The van der Waals surface area contributed by atoms with Crippen molar-refractivity contribution < 1.29 is 9.18 Å². The van der Waals surface area contributed by atoms with Crippen LogP contribution in [-0.2, 0) is 6.42 Å². The number of hydrogen-bond acceptors (Lipinski definition) is 2. The smallest absolute Gasteiger partial charge is 0.168 e. The molecule has 0 amide bonds. The zero-order valence-corrected chi connectivity index (χ0v) is 11.4. The van der Waals surface area contributed by atoms with Crippen molar-refractivity contribution in [2.45, 2.75) is 13.3 Å². The molecule has 0 aliphatic rings. The van der Waals surface area contributed by atoms with Crippen molar-refractivity contribution in [2.24, 2.45) is 0 Å². The first-order valence-corrected chi connectivity index (χ1v) is 6.25. The summed E-state index contributed by atoms with van der Waals surface area (Å²) < 4.78 is 13.8. The van der Waals surface area contributed by atoms with E-state index in [1.807, 2.05) is 6.92 Å². The van der Waals surface area contributed by atoms with Gasteiger partial charge >= 0.3 is 0 Å². The molecule has 0 saturated heterocycles. The number of rotatable bonds is 3. The predicted octanol–water partition coefficient (Wildman–Crippen LogP) is 3.72. The Kier molecular flexibility index (Phi) is 3.87. The summed E-state index contributed by atoms with van der Waals surface area (Å²) in [6.07, 6.45) is 1.72. The fraction of sp³-hybridized carbons (Fsp3) is 0.143. The average molecular weight is 308 g/mol. The fourth-order valence-corrected chi connectivity index (χ4v) is 2.15. The van der Waals surface area contributed by atoms with Crippen molar-refractivity contribution in [2.75, 3.05) is 0 Å². The number of carbonyl (C=O) groups is 1. The number of Topliss-reactive ketones (excluding diaryl/α,β-unsaturated/α-hetero) is 1. The quantitative estimate of drug-likeness (QED) is 0.809. The highest BCUT2D eigenvalue weighted by Crippen LogP contribution is 2.16. The van der Waals surface area contributed by atoms with Crippen LogP contribution in [0.4, 0.5) is 4.39 Å². The largest absolute Gasteiger partial charge is 0.294 e. The standard InChI is InChI=1S/C14H11BrFNO/c1-9-2-3-11(8-17-9)14(18)6-10-4-12(15)7-13(16)5-10/h2-5,7-8H,6H2,1H3. The molecule has 1 aromatic carbocycles. The van der Waals surface area contributed by atoms with E-state index in [-0.39, 0.29) is 18.0 Å². The molecular weight excluding hydrogens is 297 g/mol. The molecule has 2 nitrogen and oxygen atoms in total. The van der Waals surface area contributed by atoms with Gasteiger partial charge in [0.25, 0.3) is 0 Å². The monoisotopic (exact) mass is 307 g/mol. The lowest BCUT2D eigenvalue weighted by atomic mass is 10.0. The number of hydrogen-bond donors (Lipinski definition) is 0. The molecule has 0 fully saturated rings. The summed E-state index contributed by atoms with van der Waals surface area (Å²) >= 11 is 3.21. The van der Waals surface area contributed by atoms with Crippen LogP contribution < -0.4 is 0 Å². The molecule has 1 aromatic heterocycles.